The number of hydrogen-bond donors (Lipinski definition) is 0. The Bertz CT molecular complexity index is 19.7. The summed E-state index contributed by atoms with van der Waals surface area (Å²) < 4.78 is 0. The second kappa shape index (κ2) is 15.7. The van der Waals surface area contributed by atoms with Gasteiger partial charge in [0, 0.05) is 0 Å². The number of nitrogens with zero attached hydrogens (tertiary/aromatic N) is 1. The Labute approximate surface area is 58.5 Å². The van der Waals surface area contributed by atoms with E-state index in [1.807, 2.05) is 38.6 Å². The molecule has 0 spiro atoms. The summed E-state index contributed by atoms with van der Waals surface area (Å²) in [6, 6.07) is 0. The van der Waals surface area contributed by atoms with Crippen molar-refractivity contribution < 1.29 is 0 Å². The molecule has 0 saturated carbocycles. The van der Waals surface area contributed by atoms with Crippen molar-refractivity contribution >= 4 is 11.8 Å². The zero-order valence-electron chi connectivity index (χ0n) is 5.86. The van der Waals surface area contributed by atoms with Crippen LogP contribution >= 0.6 is 11.8 Å². The van der Waals surface area contributed by atoms with E-state index in [0.717, 1.165) is 0 Å². The van der Waals surface area contributed by atoms with Gasteiger partial charge in [-0.2, -0.15) is 11.8 Å². The van der Waals surface area contributed by atoms with Crippen LogP contribution in [0.5, 0.6) is 0 Å². The van der Waals surface area contributed by atoms with Crippen molar-refractivity contribution in [1.82, 2.24) is 4.90 Å². The van der Waals surface area contributed by atoms with Gasteiger partial charge in [0.05, 0.1) is 0 Å². The standard InChI is InChI=1S/C3H9N.C2H6S.CH4/c1-4(2)3;1-3-2;/h1-3H3;1-2H3;1H4. The first-order valence-corrected chi connectivity index (χ1v) is 3.79. The van der Waals surface area contributed by atoms with E-state index in [4.69, 9.17) is 0 Å². The average molecular weight is 137 g/mol. The van der Waals surface area contributed by atoms with Crippen LogP contribution in [0.25, 0.3) is 0 Å². The Morgan fingerprint density at radius 2 is 1.00 bits per heavy atom. The summed E-state index contributed by atoms with van der Waals surface area (Å²) in [4.78, 5) is 2.00. The molecule has 0 bridgehead atoms. The lowest BCUT2D eigenvalue weighted by molar-refractivity contribution is 0.505. The van der Waals surface area contributed by atoms with Crippen LogP contribution in [-0.2, 0) is 0 Å². The maximum Gasteiger partial charge on any atom is -0.0140 e. The molecule has 0 aliphatic heterocycles. The highest BCUT2D eigenvalue weighted by atomic mass is 32.2. The summed E-state index contributed by atoms with van der Waals surface area (Å²) in [7, 11) is 6.00. The average Bonchev–Trinajstić information content (AvgIpc) is 1.33. The SMILES string of the molecule is C.CN(C)C.CSC. The third-order valence-electron chi connectivity index (χ3n) is 0. The largest absolute Gasteiger partial charge is 0.312 e. The topological polar surface area (TPSA) is 3.24 Å². The van der Waals surface area contributed by atoms with Gasteiger partial charge in [-0.3, -0.25) is 0 Å². The second-order valence-corrected chi connectivity index (χ2v) is 2.57. The lowest BCUT2D eigenvalue weighted by atomic mass is 11.0. The minimum Gasteiger partial charge on any atom is -0.312 e. The molecule has 1 nitrogen and oxygen atoms in total. The van der Waals surface area contributed by atoms with E-state index in [1.165, 1.54) is 0 Å². The molecule has 0 radical (unpaired) electrons. The van der Waals surface area contributed by atoms with Gasteiger partial charge in [0.1, 0.15) is 0 Å². The van der Waals surface area contributed by atoms with Crippen molar-refractivity contribution in [1.29, 1.82) is 0 Å². The summed E-state index contributed by atoms with van der Waals surface area (Å²) in [6.07, 6.45) is 4.08. The fourth-order valence-electron chi connectivity index (χ4n) is 0. The summed E-state index contributed by atoms with van der Waals surface area (Å²) in [5, 5.41) is 0. The third-order valence-corrected chi connectivity index (χ3v) is 0. The van der Waals surface area contributed by atoms with E-state index >= 15 is 0 Å². The molecule has 0 aromatic carbocycles. The molecule has 0 aliphatic carbocycles. The summed E-state index contributed by atoms with van der Waals surface area (Å²) in [6.45, 7) is 0. The molecule has 0 saturated heterocycles. The molecule has 0 unspecified atom stereocenters. The van der Waals surface area contributed by atoms with Crippen LogP contribution in [0.2, 0.25) is 0 Å². The number of rotatable bonds is 0. The van der Waals surface area contributed by atoms with Crippen LogP contribution in [0.4, 0.5) is 0 Å². The van der Waals surface area contributed by atoms with Crippen LogP contribution in [0.1, 0.15) is 7.43 Å². The van der Waals surface area contributed by atoms with Crippen molar-refractivity contribution in [3.8, 4) is 0 Å². The van der Waals surface area contributed by atoms with E-state index in [0.29, 0.717) is 0 Å². The van der Waals surface area contributed by atoms with Crippen molar-refractivity contribution in [2.45, 2.75) is 7.43 Å². The van der Waals surface area contributed by atoms with Gasteiger partial charge in [-0.05, 0) is 33.7 Å². The highest BCUT2D eigenvalue weighted by Gasteiger charge is 1.58. The summed E-state index contributed by atoms with van der Waals surface area (Å²) >= 11 is 1.75. The molecule has 0 rings (SSSR count). The van der Waals surface area contributed by atoms with Crippen LogP contribution < -0.4 is 0 Å². The Kier molecular flexibility index (Phi) is 30.8. The Morgan fingerprint density at radius 3 is 1.00 bits per heavy atom. The van der Waals surface area contributed by atoms with Crippen molar-refractivity contribution in [3.05, 3.63) is 0 Å². The van der Waals surface area contributed by atoms with Crippen LogP contribution in [0, 0.1) is 0 Å². The molecule has 0 N–H and O–H groups in total. The number of hydrogen-bond acceptors (Lipinski definition) is 2. The first-order valence-electron chi connectivity index (χ1n) is 2.16. The molecule has 0 fully saturated rings. The quantitative estimate of drug-likeness (QED) is 0.501. The molecule has 2 heteroatoms. The van der Waals surface area contributed by atoms with E-state index in [2.05, 4.69) is 0 Å². The molecule has 0 aromatic heterocycles. The predicted molar refractivity (Wildman–Crippen MR) is 45.8 cm³/mol. The van der Waals surface area contributed by atoms with Gasteiger partial charge in [0.25, 0.3) is 0 Å². The molecule has 54 valence electrons. The van der Waals surface area contributed by atoms with Gasteiger partial charge in [0.15, 0.2) is 0 Å². The monoisotopic (exact) mass is 137 g/mol. The van der Waals surface area contributed by atoms with Crippen molar-refractivity contribution in [3.63, 3.8) is 0 Å². The molecule has 0 atom stereocenters. The van der Waals surface area contributed by atoms with E-state index in [1.54, 1.807) is 11.8 Å². The normalized spacial score (nSPS) is 6.75. The molecular weight excluding hydrogens is 118 g/mol. The maximum atomic E-state index is 2.04. The first kappa shape index (κ1) is 15.7. The molecule has 0 amide bonds. The first-order chi connectivity index (χ1) is 3.15. The Morgan fingerprint density at radius 1 is 1.00 bits per heavy atom. The lowest BCUT2D eigenvalue weighted by Crippen LogP contribution is -1.99. The minimum absolute atomic E-state index is 0. The van der Waals surface area contributed by atoms with Gasteiger partial charge in [-0.25, -0.2) is 0 Å². The van der Waals surface area contributed by atoms with E-state index in [9.17, 15) is 0 Å². The van der Waals surface area contributed by atoms with E-state index < -0.39 is 0 Å². The van der Waals surface area contributed by atoms with Crippen LogP contribution in [0.3, 0.4) is 0 Å². The van der Waals surface area contributed by atoms with Gasteiger partial charge in [-0.15, -0.1) is 0 Å². The maximum absolute atomic E-state index is 2.04. The van der Waals surface area contributed by atoms with Crippen molar-refractivity contribution in [2.24, 2.45) is 0 Å². The fraction of sp³-hybridized carbons (Fsp3) is 1.00. The summed E-state index contributed by atoms with van der Waals surface area (Å²) in [5.41, 5.74) is 0. The fourth-order valence-corrected chi connectivity index (χ4v) is 0. The number of thioether (sulfide) groups is 1. The van der Waals surface area contributed by atoms with E-state index in [-0.39, 0.29) is 7.43 Å². The zero-order chi connectivity index (χ0) is 6.28. The summed E-state index contributed by atoms with van der Waals surface area (Å²) in [5.74, 6) is 0. The van der Waals surface area contributed by atoms with Crippen LogP contribution in [-0.4, -0.2) is 38.6 Å². The van der Waals surface area contributed by atoms with Crippen LogP contribution in [0.15, 0.2) is 0 Å². The molecular formula is C6H19NS. The molecule has 0 aromatic rings. The highest BCUT2D eigenvalue weighted by molar-refractivity contribution is 7.97. The Hall–Kier alpha value is 0.310. The zero-order valence-corrected chi connectivity index (χ0v) is 6.67. The molecule has 8 heavy (non-hydrogen) atoms. The molecule has 0 heterocycles. The lowest BCUT2D eigenvalue weighted by Gasteiger charge is -1.90. The molecule has 0 aliphatic rings. The van der Waals surface area contributed by atoms with Crippen molar-refractivity contribution in [2.75, 3.05) is 33.7 Å². The van der Waals surface area contributed by atoms with Gasteiger partial charge < -0.3 is 4.90 Å². The van der Waals surface area contributed by atoms with Gasteiger partial charge in [-0.1, -0.05) is 7.43 Å². The smallest absolute Gasteiger partial charge is 0.0140 e. The highest BCUT2D eigenvalue weighted by Crippen LogP contribution is 1.70. The van der Waals surface area contributed by atoms with Gasteiger partial charge in [0.2, 0.25) is 0 Å². The second-order valence-electron chi connectivity index (χ2n) is 1.75. The minimum atomic E-state index is 0. The predicted octanol–water partition coefficient (Wildman–Crippen LogP) is 1.79. The Balaban J connectivity index is -0.0000000575. The van der Waals surface area contributed by atoms with Gasteiger partial charge >= 0.3 is 0 Å². The third kappa shape index (κ3) is 1850.